The molecule has 1 aromatic carbocycles. The van der Waals surface area contributed by atoms with Gasteiger partial charge in [0, 0.05) is 22.1 Å². The number of fused-ring (bicyclic) bond motifs is 2. The molecule has 2 bridgehead atoms. The molecule has 0 aliphatic carbocycles. The summed E-state index contributed by atoms with van der Waals surface area (Å²) in [5.74, 6) is 0.768. The molecular formula is C17H19NO2S. The highest BCUT2D eigenvalue weighted by Gasteiger charge is 2.42. The highest BCUT2D eigenvalue weighted by atomic mass is 32.2. The monoisotopic (exact) mass is 301 g/mol. The van der Waals surface area contributed by atoms with Crippen molar-refractivity contribution in [2.24, 2.45) is 0 Å². The minimum Gasteiger partial charge on any atom is -0.385 e. The molecule has 2 aliphatic rings. The Bertz CT molecular complexity index is 596. The summed E-state index contributed by atoms with van der Waals surface area (Å²) in [5.41, 5.74) is 1.40. The molecule has 0 radical (unpaired) electrons. The van der Waals surface area contributed by atoms with E-state index in [1.165, 1.54) is 19.3 Å². The van der Waals surface area contributed by atoms with Gasteiger partial charge in [-0.05, 0) is 31.2 Å². The summed E-state index contributed by atoms with van der Waals surface area (Å²) in [7, 11) is 0. The van der Waals surface area contributed by atoms with Crippen molar-refractivity contribution in [2.45, 2.75) is 48.2 Å². The first kappa shape index (κ1) is 13.4. The van der Waals surface area contributed by atoms with Gasteiger partial charge in [0.2, 0.25) is 0 Å². The molecule has 4 heteroatoms. The van der Waals surface area contributed by atoms with Crippen LogP contribution in [0.25, 0.3) is 11.3 Å². The second kappa shape index (κ2) is 5.18. The molecule has 3 heterocycles. The van der Waals surface area contributed by atoms with Crippen LogP contribution in [0, 0.1) is 0 Å². The van der Waals surface area contributed by atoms with Crippen molar-refractivity contribution in [1.29, 1.82) is 0 Å². The number of aliphatic hydroxyl groups is 1. The van der Waals surface area contributed by atoms with Crippen molar-refractivity contribution in [3.8, 4) is 11.3 Å². The van der Waals surface area contributed by atoms with Gasteiger partial charge in [0.25, 0.3) is 0 Å². The molecule has 4 rings (SSSR count). The summed E-state index contributed by atoms with van der Waals surface area (Å²) >= 11 is 2.09. The van der Waals surface area contributed by atoms with Crippen molar-refractivity contribution in [1.82, 2.24) is 5.16 Å². The van der Waals surface area contributed by atoms with E-state index in [1.807, 2.05) is 30.3 Å². The van der Waals surface area contributed by atoms with E-state index < -0.39 is 5.60 Å². The lowest BCUT2D eigenvalue weighted by Crippen LogP contribution is -2.40. The van der Waals surface area contributed by atoms with Gasteiger partial charge in [-0.2, -0.15) is 11.8 Å². The molecule has 0 spiro atoms. The van der Waals surface area contributed by atoms with Crippen LogP contribution >= 0.6 is 11.8 Å². The Morgan fingerprint density at radius 1 is 1.10 bits per heavy atom. The second-order valence-electron chi connectivity index (χ2n) is 6.20. The molecule has 2 atom stereocenters. The van der Waals surface area contributed by atoms with E-state index >= 15 is 0 Å². The van der Waals surface area contributed by atoms with E-state index in [9.17, 15) is 5.11 Å². The third-order valence-corrected chi connectivity index (χ3v) is 6.29. The lowest BCUT2D eigenvalue weighted by atomic mass is 9.80. The third-order valence-electron chi connectivity index (χ3n) is 4.71. The van der Waals surface area contributed by atoms with Gasteiger partial charge in [0.1, 0.15) is 0 Å². The van der Waals surface area contributed by atoms with Crippen LogP contribution in [0.1, 0.15) is 37.7 Å². The predicted octanol–water partition coefficient (Wildman–Crippen LogP) is 3.98. The largest absolute Gasteiger partial charge is 0.385 e. The van der Waals surface area contributed by atoms with Gasteiger partial charge >= 0.3 is 0 Å². The summed E-state index contributed by atoms with van der Waals surface area (Å²) in [6, 6.07) is 9.98. The number of nitrogens with zero attached hydrogens (tertiary/aromatic N) is 1. The first-order valence-electron chi connectivity index (χ1n) is 7.62. The zero-order valence-corrected chi connectivity index (χ0v) is 12.7. The third kappa shape index (κ3) is 2.51. The number of rotatable bonds is 2. The molecule has 3 nitrogen and oxygen atoms in total. The number of hydrogen-bond donors (Lipinski definition) is 1. The normalized spacial score (nSPS) is 32.0. The maximum Gasteiger partial charge on any atom is 0.166 e. The predicted molar refractivity (Wildman–Crippen MR) is 84.1 cm³/mol. The van der Waals surface area contributed by atoms with E-state index in [0.717, 1.165) is 29.7 Å². The van der Waals surface area contributed by atoms with Crippen molar-refractivity contribution in [2.75, 3.05) is 0 Å². The van der Waals surface area contributed by atoms with Gasteiger partial charge in [-0.25, -0.2) is 0 Å². The van der Waals surface area contributed by atoms with Crippen molar-refractivity contribution in [3.05, 3.63) is 42.1 Å². The maximum atomic E-state index is 11.1. The zero-order chi connectivity index (χ0) is 14.3. The van der Waals surface area contributed by atoms with E-state index in [0.29, 0.717) is 10.5 Å². The van der Waals surface area contributed by atoms with Gasteiger partial charge < -0.3 is 9.63 Å². The van der Waals surface area contributed by atoms with Crippen LogP contribution in [-0.4, -0.2) is 20.8 Å². The Kier molecular flexibility index (Phi) is 3.31. The lowest BCUT2D eigenvalue weighted by Gasteiger charge is -2.44. The van der Waals surface area contributed by atoms with E-state index in [2.05, 4.69) is 16.9 Å². The molecule has 2 aliphatic heterocycles. The zero-order valence-electron chi connectivity index (χ0n) is 11.9. The van der Waals surface area contributed by atoms with Crippen molar-refractivity contribution in [3.63, 3.8) is 0 Å². The van der Waals surface area contributed by atoms with E-state index in [4.69, 9.17) is 4.52 Å². The van der Waals surface area contributed by atoms with Gasteiger partial charge in [0.05, 0.1) is 11.8 Å². The molecule has 2 fully saturated rings. The molecule has 110 valence electrons. The summed E-state index contributed by atoms with van der Waals surface area (Å²) in [6.07, 6.45) is 7.24. The van der Waals surface area contributed by atoms with Crippen molar-refractivity contribution >= 4 is 11.8 Å². The topological polar surface area (TPSA) is 46.3 Å². The van der Waals surface area contributed by atoms with Gasteiger partial charge in [-0.1, -0.05) is 35.8 Å². The first-order chi connectivity index (χ1) is 10.2. The molecule has 2 aromatic rings. The van der Waals surface area contributed by atoms with Gasteiger partial charge in [0.15, 0.2) is 5.76 Å². The number of benzene rings is 1. The average Bonchev–Trinajstić information content (AvgIpc) is 3.01. The van der Waals surface area contributed by atoms with Crippen molar-refractivity contribution < 1.29 is 9.63 Å². The average molecular weight is 301 g/mol. The Hall–Kier alpha value is -1.26. The van der Waals surface area contributed by atoms with Crippen LogP contribution in [0.3, 0.4) is 0 Å². The molecule has 1 N–H and O–H groups in total. The highest BCUT2D eigenvalue weighted by Crippen LogP contribution is 2.49. The maximum absolute atomic E-state index is 11.1. The molecular weight excluding hydrogens is 282 g/mol. The van der Waals surface area contributed by atoms with E-state index in [-0.39, 0.29) is 0 Å². The molecule has 0 saturated carbocycles. The number of thioether (sulfide) groups is 1. The molecule has 1 aromatic heterocycles. The molecule has 2 unspecified atom stereocenters. The Balaban J connectivity index is 1.60. The van der Waals surface area contributed by atoms with Crippen LogP contribution in [-0.2, 0) is 5.60 Å². The number of hydrogen-bond acceptors (Lipinski definition) is 4. The quantitative estimate of drug-likeness (QED) is 0.911. The summed E-state index contributed by atoms with van der Waals surface area (Å²) in [4.78, 5) is 0. The fourth-order valence-electron chi connectivity index (χ4n) is 3.66. The Morgan fingerprint density at radius 2 is 1.81 bits per heavy atom. The molecule has 21 heavy (non-hydrogen) atoms. The number of aromatic nitrogens is 1. The van der Waals surface area contributed by atoms with Crippen LogP contribution in [0.2, 0.25) is 0 Å². The lowest BCUT2D eigenvalue weighted by molar-refractivity contribution is 0.00814. The Morgan fingerprint density at radius 3 is 2.43 bits per heavy atom. The first-order valence-corrected chi connectivity index (χ1v) is 8.57. The SMILES string of the molecule is OC1(c2ccc(-c3ccno3)cc2)CC2CCCC(C1)S2. The second-order valence-corrected chi connectivity index (χ2v) is 7.81. The molecule has 0 amide bonds. The fraction of sp³-hybridized carbons (Fsp3) is 0.471. The van der Waals surface area contributed by atoms with Crippen LogP contribution in [0.15, 0.2) is 41.1 Å². The smallest absolute Gasteiger partial charge is 0.166 e. The van der Waals surface area contributed by atoms with Crippen LogP contribution in [0.4, 0.5) is 0 Å². The molecule has 2 saturated heterocycles. The Labute approximate surface area is 128 Å². The van der Waals surface area contributed by atoms with Crippen LogP contribution < -0.4 is 0 Å². The van der Waals surface area contributed by atoms with Crippen LogP contribution in [0.5, 0.6) is 0 Å². The summed E-state index contributed by atoms with van der Waals surface area (Å²) < 4.78 is 5.17. The fourth-order valence-corrected chi connectivity index (χ4v) is 5.56. The standard InChI is InChI=1S/C17H19NO2S/c19-17(10-14-2-1-3-15(11-17)21-14)13-6-4-12(5-7-13)16-8-9-18-20-16/h4-9,14-15,19H,1-3,10-11H2. The summed E-state index contributed by atoms with van der Waals surface area (Å²) in [5, 5.41) is 16.1. The minimum atomic E-state index is -0.652. The summed E-state index contributed by atoms with van der Waals surface area (Å²) in [6.45, 7) is 0. The minimum absolute atomic E-state index is 0.622. The van der Waals surface area contributed by atoms with E-state index in [1.54, 1.807) is 6.20 Å². The highest BCUT2D eigenvalue weighted by molar-refractivity contribution is 8.00. The van der Waals surface area contributed by atoms with Gasteiger partial charge in [-0.15, -0.1) is 0 Å². The van der Waals surface area contributed by atoms with Gasteiger partial charge in [-0.3, -0.25) is 0 Å².